The van der Waals surface area contributed by atoms with Gasteiger partial charge in [-0.15, -0.1) is 4.58 Å². The average Bonchev–Trinajstić information content (AvgIpc) is 2.61. The molecule has 0 bridgehead atoms. The molecule has 5 heteroatoms. The fraction of sp³-hybridized carbons (Fsp3) is 0.200. The van der Waals surface area contributed by atoms with Crippen molar-refractivity contribution in [3.8, 4) is 0 Å². The molecule has 0 aliphatic carbocycles. The van der Waals surface area contributed by atoms with Crippen LogP contribution in [0.4, 0.5) is 5.69 Å². The van der Waals surface area contributed by atoms with Crippen LogP contribution >= 0.6 is 35.1 Å². The second kappa shape index (κ2) is 4.60. The standard InChI is InChI=1S/C10H9ClNOS2/c1-14-10-12(9(13)6-15-10)8-4-2-7(11)3-5-8/h2-5H,6H2,1H3/q+1. The predicted octanol–water partition coefficient (Wildman–Crippen LogP) is 2.98. The lowest BCUT2D eigenvalue weighted by molar-refractivity contribution is -0.356. The Bertz CT molecular complexity index is 428. The van der Waals surface area contributed by atoms with Gasteiger partial charge in [0.1, 0.15) is 5.75 Å². The van der Waals surface area contributed by atoms with Gasteiger partial charge in [-0.1, -0.05) is 23.4 Å². The zero-order chi connectivity index (χ0) is 10.8. The molecule has 2 nitrogen and oxygen atoms in total. The zero-order valence-corrected chi connectivity index (χ0v) is 10.5. The second-order valence-electron chi connectivity index (χ2n) is 2.96. The fourth-order valence-electron chi connectivity index (χ4n) is 1.34. The SMILES string of the molecule is CSC1=[N+](c2ccc(Cl)cc2)C(=O)CS1. The maximum Gasteiger partial charge on any atom is 0.404 e. The van der Waals surface area contributed by atoms with Gasteiger partial charge in [-0.3, -0.25) is 0 Å². The third-order valence-corrected chi connectivity index (χ3v) is 4.47. The molecule has 78 valence electrons. The van der Waals surface area contributed by atoms with E-state index in [9.17, 15) is 4.79 Å². The average molecular weight is 259 g/mol. The third-order valence-electron chi connectivity index (χ3n) is 2.01. The van der Waals surface area contributed by atoms with Gasteiger partial charge in [-0.25, -0.2) is 4.79 Å². The van der Waals surface area contributed by atoms with E-state index < -0.39 is 0 Å². The summed E-state index contributed by atoms with van der Waals surface area (Å²) < 4.78 is 2.77. The molecule has 1 amide bonds. The summed E-state index contributed by atoms with van der Waals surface area (Å²) >= 11 is 8.98. The molecule has 0 fully saturated rings. The van der Waals surface area contributed by atoms with Gasteiger partial charge < -0.3 is 0 Å². The minimum absolute atomic E-state index is 0.131. The molecule has 0 spiro atoms. The summed E-state index contributed by atoms with van der Waals surface area (Å²) in [6.07, 6.45) is 1.98. The smallest absolute Gasteiger partial charge is 0.218 e. The monoisotopic (exact) mass is 258 g/mol. The van der Waals surface area contributed by atoms with E-state index in [0.29, 0.717) is 10.8 Å². The molecule has 0 radical (unpaired) electrons. The van der Waals surface area contributed by atoms with Crippen molar-refractivity contribution in [1.82, 2.24) is 0 Å². The highest BCUT2D eigenvalue weighted by Crippen LogP contribution is 2.27. The van der Waals surface area contributed by atoms with E-state index in [-0.39, 0.29) is 5.91 Å². The molecule has 0 saturated carbocycles. The normalized spacial score (nSPS) is 16.3. The summed E-state index contributed by atoms with van der Waals surface area (Å²) in [4.78, 5) is 11.7. The topological polar surface area (TPSA) is 20.1 Å². The van der Waals surface area contributed by atoms with Crippen LogP contribution in [0.25, 0.3) is 0 Å². The minimum atomic E-state index is 0.131. The molecule has 1 heterocycles. The Labute approximate surface area is 102 Å². The number of halogens is 1. The van der Waals surface area contributed by atoms with Crippen molar-refractivity contribution in [2.75, 3.05) is 12.0 Å². The second-order valence-corrected chi connectivity index (χ2v) is 5.42. The van der Waals surface area contributed by atoms with E-state index >= 15 is 0 Å². The van der Waals surface area contributed by atoms with Crippen LogP contribution in [-0.4, -0.2) is 26.9 Å². The van der Waals surface area contributed by atoms with Gasteiger partial charge >= 0.3 is 5.91 Å². The Morgan fingerprint density at radius 2 is 2.07 bits per heavy atom. The maximum atomic E-state index is 11.7. The summed E-state index contributed by atoms with van der Waals surface area (Å²) in [5.74, 6) is 0.658. The molecule has 1 aromatic rings. The molecule has 0 unspecified atom stereocenters. The lowest BCUT2D eigenvalue weighted by Crippen LogP contribution is -2.14. The first-order valence-corrected chi connectivity index (χ1v) is 6.93. The summed E-state index contributed by atoms with van der Waals surface area (Å²) in [6, 6.07) is 7.32. The number of carbonyl (C=O) groups excluding carboxylic acids is 1. The Balaban J connectivity index is 2.44. The van der Waals surface area contributed by atoms with Crippen LogP contribution in [0.2, 0.25) is 5.02 Å². The third kappa shape index (κ3) is 2.22. The van der Waals surface area contributed by atoms with Crippen molar-refractivity contribution in [3.63, 3.8) is 0 Å². The van der Waals surface area contributed by atoms with Gasteiger partial charge in [-0.05, 0) is 30.2 Å². The van der Waals surface area contributed by atoms with Gasteiger partial charge in [-0.2, -0.15) is 0 Å². The number of hydrogen-bond acceptors (Lipinski definition) is 3. The van der Waals surface area contributed by atoms with Crippen molar-refractivity contribution in [2.24, 2.45) is 0 Å². The first-order valence-electron chi connectivity index (χ1n) is 4.34. The number of carbonyl (C=O) groups is 1. The van der Waals surface area contributed by atoms with Crippen LogP contribution in [0, 0.1) is 0 Å². The van der Waals surface area contributed by atoms with Crippen molar-refractivity contribution in [1.29, 1.82) is 0 Å². The number of hydrogen-bond donors (Lipinski definition) is 0. The maximum absolute atomic E-state index is 11.7. The van der Waals surface area contributed by atoms with E-state index in [4.69, 9.17) is 11.6 Å². The molecule has 0 N–H and O–H groups in total. The van der Waals surface area contributed by atoms with Crippen LogP contribution in [0.5, 0.6) is 0 Å². The fourth-order valence-corrected chi connectivity index (χ4v) is 3.22. The molecular weight excluding hydrogens is 250 g/mol. The van der Waals surface area contributed by atoms with E-state index in [0.717, 1.165) is 10.1 Å². The first kappa shape index (κ1) is 11.0. The summed E-state index contributed by atoms with van der Waals surface area (Å²) in [5.41, 5.74) is 0.888. The number of nitrogens with zero attached hydrogens (tertiary/aromatic N) is 1. The quantitative estimate of drug-likeness (QED) is 0.723. The van der Waals surface area contributed by atoms with Gasteiger partial charge in [0.25, 0.3) is 4.38 Å². The van der Waals surface area contributed by atoms with E-state index in [2.05, 4.69) is 0 Å². The van der Waals surface area contributed by atoms with E-state index in [1.807, 2.05) is 18.4 Å². The highest BCUT2D eigenvalue weighted by atomic mass is 35.5. The predicted molar refractivity (Wildman–Crippen MR) is 67.4 cm³/mol. The molecule has 0 saturated heterocycles. The Morgan fingerprint density at radius 3 is 2.67 bits per heavy atom. The molecule has 15 heavy (non-hydrogen) atoms. The Hall–Kier alpha value is -0.450. The highest BCUT2D eigenvalue weighted by molar-refractivity contribution is 8.38. The van der Waals surface area contributed by atoms with Crippen molar-refractivity contribution < 1.29 is 9.37 Å². The summed E-state index contributed by atoms with van der Waals surface area (Å²) in [7, 11) is 0. The van der Waals surface area contributed by atoms with Crippen molar-refractivity contribution in [3.05, 3.63) is 29.3 Å². The van der Waals surface area contributed by atoms with Gasteiger partial charge in [0.15, 0.2) is 0 Å². The van der Waals surface area contributed by atoms with Crippen molar-refractivity contribution >= 4 is 51.1 Å². The molecule has 1 aromatic carbocycles. The summed E-state index contributed by atoms with van der Waals surface area (Å²) in [5, 5.41) is 0.684. The molecule has 1 aliphatic rings. The van der Waals surface area contributed by atoms with Gasteiger partial charge in [0.2, 0.25) is 5.69 Å². The lowest BCUT2D eigenvalue weighted by atomic mass is 10.3. The Kier molecular flexibility index (Phi) is 3.38. The number of benzene rings is 1. The van der Waals surface area contributed by atoms with Gasteiger partial charge in [0.05, 0.1) is 0 Å². The Morgan fingerprint density at radius 1 is 1.40 bits per heavy atom. The minimum Gasteiger partial charge on any atom is -0.218 e. The molecule has 0 atom stereocenters. The van der Waals surface area contributed by atoms with E-state index in [1.54, 1.807) is 40.2 Å². The van der Waals surface area contributed by atoms with Crippen LogP contribution in [0.1, 0.15) is 0 Å². The van der Waals surface area contributed by atoms with Gasteiger partial charge in [0, 0.05) is 17.2 Å². The van der Waals surface area contributed by atoms with Crippen LogP contribution in [0.3, 0.4) is 0 Å². The first-order chi connectivity index (χ1) is 7.22. The van der Waals surface area contributed by atoms with Crippen LogP contribution in [-0.2, 0) is 4.79 Å². The number of rotatable bonds is 1. The number of thioether (sulfide) groups is 2. The zero-order valence-electron chi connectivity index (χ0n) is 8.07. The lowest BCUT2D eigenvalue weighted by Gasteiger charge is -1.96. The molecule has 2 rings (SSSR count). The van der Waals surface area contributed by atoms with Crippen LogP contribution < -0.4 is 0 Å². The molecular formula is C10H9ClNOS2+. The highest BCUT2D eigenvalue weighted by Gasteiger charge is 2.33. The van der Waals surface area contributed by atoms with Crippen molar-refractivity contribution in [2.45, 2.75) is 0 Å². The molecule has 0 aromatic heterocycles. The molecule has 1 aliphatic heterocycles. The largest absolute Gasteiger partial charge is 0.404 e. The van der Waals surface area contributed by atoms with E-state index in [1.165, 1.54) is 0 Å². The number of amides is 1. The van der Waals surface area contributed by atoms with Crippen LogP contribution in [0.15, 0.2) is 24.3 Å². The summed E-state index contributed by atoms with van der Waals surface area (Å²) in [6.45, 7) is 0.